The van der Waals surface area contributed by atoms with Gasteiger partial charge in [-0.3, -0.25) is 5.10 Å². The van der Waals surface area contributed by atoms with E-state index in [1.165, 1.54) is 6.33 Å². The van der Waals surface area contributed by atoms with E-state index in [-0.39, 0.29) is 0 Å². The summed E-state index contributed by atoms with van der Waals surface area (Å²) in [5, 5.41) is 18.7. The maximum atomic E-state index is 9.02. The van der Waals surface area contributed by atoms with Crippen molar-refractivity contribution < 1.29 is 0 Å². The molecule has 6 heteroatoms. The molecule has 2 aromatic heterocycles. The lowest BCUT2D eigenvalue weighted by atomic mass is 10.1. The van der Waals surface area contributed by atoms with Crippen LogP contribution in [0.15, 0.2) is 18.6 Å². The minimum absolute atomic E-state index is 0.588. The molecule has 0 saturated carbocycles. The molecule has 6 nitrogen and oxygen atoms in total. The highest BCUT2D eigenvalue weighted by Gasteiger charge is 2.05. The highest BCUT2D eigenvalue weighted by Crippen LogP contribution is 2.14. The van der Waals surface area contributed by atoms with Crippen LogP contribution < -0.4 is 5.32 Å². The Kier molecular flexibility index (Phi) is 3.31. The summed E-state index contributed by atoms with van der Waals surface area (Å²) in [6.45, 7) is 2.54. The van der Waals surface area contributed by atoms with Crippen molar-refractivity contribution in [1.82, 2.24) is 20.2 Å². The summed E-state index contributed by atoms with van der Waals surface area (Å²) in [6, 6.07) is 3.97. The molecule has 0 bridgehead atoms. The van der Waals surface area contributed by atoms with Crippen molar-refractivity contribution >= 4 is 5.82 Å². The lowest BCUT2D eigenvalue weighted by molar-refractivity contribution is 0.896. The van der Waals surface area contributed by atoms with Gasteiger partial charge in [-0.15, -0.1) is 0 Å². The lowest BCUT2D eigenvalue weighted by Gasteiger charge is -2.07. The summed E-state index contributed by atoms with van der Waals surface area (Å²) in [7, 11) is 0. The largest absolute Gasteiger partial charge is 0.369 e. The Morgan fingerprint density at radius 1 is 1.47 bits per heavy atom. The van der Waals surface area contributed by atoms with Crippen molar-refractivity contribution in [2.24, 2.45) is 0 Å². The number of nitriles is 1. The van der Waals surface area contributed by atoms with Crippen LogP contribution in [0, 0.1) is 18.3 Å². The number of anilines is 1. The molecular formula is C11H12N6. The molecule has 86 valence electrons. The monoisotopic (exact) mass is 228 g/mol. The fourth-order valence-electron chi connectivity index (χ4n) is 1.48. The molecule has 0 aromatic carbocycles. The van der Waals surface area contributed by atoms with Gasteiger partial charge in [0, 0.05) is 19.2 Å². The zero-order valence-electron chi connectivity index (χ0n) is 9.44. The zero-order valence-corrected chi connectivity index (χ0v) is 9.44. The molecule has 0 aliphatic carbocycles. The topological polar surface area (TPSA) is 90.3 Å². The van der Waals surface area contributed by atoms with Gasteiger partial charge in [-0.05, 0) is 18.6 Å². The van der Waals surface area contributed by atoms with E-state index in [1.54, 1.807) is 6.20 Å². The van der Waals surface area contributed by atoms with E-state index in [0.29, 0.717) is 24.3 Å². The molecule has 0 spiro atoms. The van der Waals surface area contributed by atoms with E-state index in [4.69, 9.17) is 5.26 Å². The number of hydrogen-bond acceptors (Lipinski definition) is 5. The summed E-state index contributed by atoms with van der Waals surface area (Å²) >= 11 is 0. The number of aromatic amines is 1. The number of nitrogens with one attached hydrogen (secondary N) is 2. The first-order valence-electron chi connectivity index (χ1n) is 5.25. The fourth-order valence-corrected chi connectivity index (χ4v) is 1.48. The second-order valence-corrected chi connectivity index (χ2v) is 3.57. The van der Waals surface area contributed by atoms with E-state index >= 15 is 0 Å². The third kappa shape index (κ3) is 2.58. The number of nitrogens with zero attached hydrogens (tertiary/aromatic N) is 4. The standard InChI is InChI=1S/C11H12N6/c1-8-2-4-13-11(9(8)6-12)14-5-3-10-15-7-16-17-10/h2,4,7H,3,5H2,1H3,(H,13,14)(H,15,16,17). The van der Waals surface area contributed by atoms with Gasteiger partial charge < -0.3 is 5.32 Å². The molecule has 2 rings (SSSR count). The van der Waals surface area contributed by atoms with Crippen LogP contribution in [0.3, 0.4) is 0 Å². The molecule has 0 aliphatic rings. The van der Waals surface area contributed by atoms with Crippen molar-refractivity contribution in [3.05, 3.63) is 35.5 Å². The average Bonchev–Trinajstić information content (AvgIpc) is 2.82. The maximum Gasteiger partial charge on any atom is 0.144 e. The van der Waals surface area contributed by atoms with Crippen molar-refractivity contribution in [3.63, 3.8) is 0 Å². The van der Waals surface area contributed by atoms with Gasteiger partial charge in [0.15, 0.2) is 0 Å². The van der Waals surface area contributed by atoms with E-state index < -0.39 is 0 Å². The van der Waals surface area contributed by atoms with Crippen molar-refractivity contribution in [3.8, 4) is 6.07 Å². The average molecular weight is 228 g/mol. The van der Waals surface area contributed by atoms with Gasteiger partial charge in [0.25, 0.3) is 0 Å². The first-order valence-corrected chi connectivity index (χ1v) is 5.25. The molecule has 17 heavy (non-hydrogen) atoms. The number of hydrogen-bond donors (Lipinski definition) is 2. The summed E-state index contributed by atoms with van der Waals surface area (Å²) in [6.07, 6.45) is 3.87. The second-order valence-electron chi connectivity index (χ2n) is 3.57. The Balaban J connectivity index is 2.00. The fraction of sp³-hybridized carbons (Fsp3) is 0.273. The Hall–Kier alpha value is -2.42. The van der Waals surface area contributed by atoms with Crippen LogP contribution in [0.1, 0.15) is 17.0 Å². The molecule has 2 aromatic rings. The zero-order chi connectivity index (χ0) is 12.1. The Bertz CT molecular complexity index is 525. The summed E-state index contributed by atoms with van der Waals surface area (Å²) in [4.78, 5) is 8.16. The highest BCUT2D eigenvalue weighted by atomic mass is 15.2. The number of rotatable bonds is 4. The van der Waals surface area contributed by atoms with Gasteiger partial charge in [-0.25, -0.2) is 9.97 Å². The minimum atomic E-state index is 0.588. The minimum Gasteiger partial charge on any atom is -0.369 e. The Morgan fingerprint density at radius 2 is 2.35 bits per heavy atom. The third-order valence-electron chi connectivity index (χ3n) is 2.39. The Labute approximate surface area is 98.7 Å². The van der Waals surface area contributed by atoms with Crippen molar-refractivity contribution in [1.29, 1.82) is 5.26 Å². The van der Waals surface area contributed by atoms with Crippen LogP contribution >= 0.6 is 0 Å². The molecule has 0 radical (unpaired) electrons. The first kappa shape index (κ1) is 11.1. The van der Waals surface area contributed by atoms with Gasteiger partial charge in [-0.2, -0.15) is 10.4 Å². The van der Waals surface area contributed by atoms with Gasteiger partial charge in [-0.1, -0.05) is 0 Å². The number of aromatic nitrogens is 4. The molecule has 0 fully saturated rings. The van der Waals surface area contributed by atoms with Crippen molar-refractivity contribution in [2.75, 3.05) is 11.9 Å². The second kappa shape index (κ2) is 5.07. The number of pyridine rings is 1. The first-order chi connectivity index (χ1) is 8.31. The third-order valence-corrected chi connectivity index (χ3v) is 2.39. The number of H-pyrrole nitrogens is 1. The molecule has 0 atom stereocenters. The quantitative estimate of drug-likeness (QED) is 0.815. The predicted octanol–water partition coefficient (Wildman–Crippen LogP) is 1.03. The molecule has 0 amide bonds. The van der Waals surface area contributed by atoms with Crippen LogP contribution in [0.25, 0.3) is 0 Å². The Morgan fingerprint density at radius 3 is 3.06 bits per heavy atom. The molecule has 0 saturated heterocycles. The van der Waals surface area contributed by atoms with Crippen LogP contribution in [0.5, 0.6) is 0 Å². The van der Waals surface area contributed by atoms with Gasteiger partial charge in [0.05, 0.1) is 5.56 Å². The molecule has 2 heterocycles. The normalized spacial score (nSPS) is 9.88. The number of aryl methyl sites for hydroxylation is 1. The van der Waals surface area contributed by atoms with Crippen LogP contribution in [-0.4, -0.2) is 26.7 Å². The van der Waals surface area contributed by atoms with E-state index in [2.05, 4.69) is 31.6 Å². The van der Waals surface area contributed by atoms with Crippen LogP contribution in [-0.2, 0) is 6.42 Å². The van der Waals surface area contributed by atoms with Gasteiger partial charge in [0.2, 0.25) is 0 Å². The van der Waals surface area contributed by atoms with E-state index in [1.807, 2.05) is 13.0 Å². The van der Waals surface area contributed by atoms with Crippen LogP contribution in [0.2, 0.25) is 0 Å². The van der Waals surface area contributed by atoms with Gasteiger partial charge >= 0.3 is 0 Å². The highest BCUT2D eigenvalue weighted by molar-refractivity contribution is 5.55. The van der Waals surface area contributed by atoms with Crippen LogP contribution in [0.4, 0.5) is 5.82 Å². The molecule has 0 aliphatic heterocycles. The van der Waals surface area contributed by atoms with Crippen molar-refractivity contribution in [2.45, 2.75) is 13.3 Å². The maximum absolute atomic E-state index is 9.02. The summed E-state index contributed by atoms with van der Waals surface area (Å²) in [5.74, 6) is 1.43. The molecular weight excluding hydrogens is 216 g/mol. The van der Waals surface area contributed by atoms with E-state index in [9.17, 15) is 0 Å². The summed E-state index contributed by atoms with van der Waals surface area (Å²) < 4.78 is 0. The van der Waals surface area contributed by atoms with E-state index in [0.717, 1.165) is 11.4 Å². The SMILES string of the molecule is Cc1ccnc(NCCc2ncn[nH]2)c1C#N. The lowest BCUT2D eigenvalue weighted by Crippen LogP contribution is -2.09. The summed E-state index contributed by atoms with van der Waals surface area (Å²) in [5.41, 5.74) is 1.51. The smallest absolute Gasteiger partial charge is 0.144 e. The van der Waals surface area contributed by atoms with Gasteiger partial charge in [0.1, 0.15) is 24.0 Å². The molecule has 0 unspecified atom stereocenters. The predicted molar refractivity (Wildman–Crippen MR) is 62.3 cm³/mol. The molecule has 2 N–H and O–H groups in total.